The first-order valence-corrected chi connectivity index (χ1v) is 14.2. The van der Waals surface area contributed by atoms with Crippen molar-refractivity contribution in [2.75, 3.05) is 17.1 Å². The number of nitrogens with one attached hydrogen (secondary N) is 1. The Labute approximate surface area is 220 Å². The summed E-state index contributed by atoms with van der Waals surface area (Å²) in [5.74, 6) is -0.494. The molecule has 2 rings (SSSR count). The lowest BCUT2D eigenvalue weighted by atomic mass is 10.1. The molecule has 36 heavy (non-hydrogen) atoms. The highest BCUT2D eigenvalue weighted by Gasteiger charge is 2.29. The Bertz CT molecular complexity index is 1190. The van der Waals surface area contributed by atoms with Crippen LogP contribution in [0.25, 0.3) is 0 Å². The largest absolute Gasteiger partial charge is 0.350 e. The van der Waals surface area contributed by atoms with Gasteiger partial charge in [0.25, 0.3) is 0 Å². The molecule has 1 N–H and O–H groups in total. The minimum Gasteiger partial charge on any atom is -0.350 e. The molecule has 0 heterocycles. The molecule has 1 atom stereocenters. The summed E-state index contributed by atoms with van der Waals surface area (Å²) in [6, 6.07) is 12.1. The molecule has 0 aliphatic rings. The van der Waals surface area contributed by atoms with E-state index in [-0.39, 0.29) is 31.3 Å². The topological polar surface area (TPSA) is 86.8 Å². The average Bonchev–Trinajstić information content (AvgIpc) is 2.74. The van der Waals surface area contributed by atoms with Crippen LogP contribution in [0.5, 0.6) is 0 Å². The molecule has 0 aliphatic carbocycles. The molecule has 2 amide bonds. The maximum Gasteiger partial charge on any atom is 0.242 e. The molecular weight excluding hydrogens is 498 g/mol. The third kappa shape index (κ3) is 8.82. The molecule has 0 saturated heterocycles. The zero-order chi connectivity index (χ0) is 27.3. The third-order valence-electron chi connectivity index (χ3n) is 5.69. The van der Waals surface area contributed by atoms with Crippen molar-refractivity contribution >= 4 is 39.1 Å². The van der Waals surface area contributed by atoms with Gasteiger partial charge in [0.2, 0.25) is 21.8 Å². The minimum absolute atomic E-state index is 0.0879. The molecule has 0 saturated carbocycles. The zero-order valence-electron chi connectivity index (χ0n) is 22.3. The van der Waals surface area contributed by atoms with Crippen molar-refractivity contribution in [3.63, 3.8) is 0 Å². The number of carbonyl (C=O) groups is 2. The molecule has 0 aliphatic heterocycles. The van der Waals surface area contributed by atoms with Gasteiger partial charge in [0, 0.05) is 30.1 Å². The van der Waals surface area contributed by atoms with Crippen LogP contribution >= 0.6 is 11.6 Å². The van der Waals surface area contributed by atoms with Gasteiger partial charge in [-0.05, 0) is 82.9 Å². The van der Waals surface area contributed by atoms with Crippen LogP contribution in [-0.2, 0) is 26.2 Å². The summed E-state index contributed by atoms with van der Waals surface area (Å²) in [5, 5.41) is 3.48. The minimum atomic E-state index is -3.55. The van der Waals surface area contributed by atoms with Crippen molar-refractivity contribution in [1.29, 1.82) is 0 Å². The second kappa shape index (κ2) is 12.1. The summed E-state index contributed by atoms with van der Waals surface area (Å²) < 4.78 is 26.5. The smallest absolute Gasteiger partial charge is 0.242 e. The summed E-state index contributed by atoms with van der Waals surface area (Å²) in [7, 11) is -3.55. The Balaban J connectivity index is 2.23. The number of aryl methyl sites for hydroxylation is 2. The molecule has 0 spiro atoms. The Kier molecular flexibility index (Phi) is 9.97. The lowest BCUT2D eigenvalue weighted by Crippen LogP contribution is -2.52. The van der Waals surface area contributed by atoms with E-state index in [2.05, 4.69) is 5.32 Å². The highest BCUT2D eigenvalue weighted by molar-refractivity contribution is 7.92. The van der Waals surface area contributed by atoms with Gasteiger partial charge in [0.15, 0.2) is 0 Å². The monoisotopic (exact) mass is 535 g/mol. The lowest BCUT2D eigenvalue weighted by Gasteiger charge is -2.32. The molecule has 7 nitrogen and oxygen atoms in total. The molecule has 0 aromatic heterocycles. The zero-order valence-corrected chi connectivity index (χ0v) is 23.8. The standard InChI is InChI=1S/C27H38ClN3O4S/c1-19-13-14-20(2)24(16-19)31(36(7,34)35)15-9-12-25(32)30(18-22-10-8-11-23(28)17-22)21(3)26(33)29-27(4,5)6/h8,10-11,13-14,16-17,21H,9,12,15,18H2,1-7H3,(H,29,33). The van der Waals surface area contributed by atoms with Crippen molar-refractivity contribution in [3.05, 3.63) is 64.2 Å². The number of anilines is 1. The fraction of sp³-hybridized carbons (Fsp3) is 0.481. The number of halogens is 1. The Morgan fingerprint density at radius 1 is 1.08 bits per heavy atom. The van der Waals surface area contributed by atoms with E-state index in [1.165, 1.54) is 15.5 Å². The fourth-order valence-electron chi connectivity index (χ4n) is 3.86. The molecule has 2 aromatic carbocycles. The number of hydrogen-bond acceptors (Lipinski definition) is 4. The van der Waals surface area contributed by atoms with Gasteiger partial charge >= 0.3 is 0 Å². The van der Waals surface area contributed by atoms with E-state index >= 15 is 0 Å². The number of amides is 2. The molecule has 2 aromatic rings. The van der Waals surface area contributed by atoms with Crippen LogP contribution in [0.4, 0.5) is 5.69 Å². The number of carbonyl (C=O) groups excluding carboxylic acids is 2. The van der Waals surface area contributed by atoms with Crippen LogP contribution in [-0.4, -0.2) is 49.5 Å². The first-order chi connectivity index (χ1) is 16.6. The van der Waals surface area contributed by atoms with Gasteiger partial charge in [-0.15, -0.1) is 0 Å². The molecule has 198 valence electrons. The first kappa shape index (κ1) is 29.6. The Morgan fingerprint density at radius 3 is 2.33 bits per heavy atom. The van der Waals surface area contributed by atoms with Crippen LogP contribution in [0.2, 0.25) is 5.02 Å². The summed E-state index contributed by atoms with van der Waals surface area (Å²) >= 11 is 6.14. The highest BCUT2D eigenvalue weighted by Crippen LogP contribution is 2.25. The lowest BCUT2D eigenvalue weighted by molar-refractivity contribution is -0.141. The molecule has 0 radical (unpaired) electrons. The number of nitrogens with zero attached hydrogens (tertiary/aromatic N) is 2. The van der Waals surface area contributed by atoms with E-state index in [4.69, 9.17) is 11.6 Å². The van der Waals surface area contributed by atoms with Gasteiger partial charge in [-0.25, -0.2) is 8.42 Å². The van der Waals surface area contributed by atoms with Crippen LogP contribution in [0, 0.1) is 13.8 Å². The van der Waals surface area contributed by atoms with Crippen LogP contribution < -0.4 is 9.62 Å². The van der Waals surface area contributed by atoms with Crippen molar-refractivity contribution in [3.8, 4) is 0 Å². The van der Waals surface area contributed by atoms with Gasteiger partial charge in [-0.3, -0.25) is 13.9 Å². The Morgan fingerprint density at radius 2 is 1.75 bits per heavy atom. The Hall–Kier alpha value is -2.58. The average molecular weight is 536 g/mol. The number of hydrogen-bond donors (Lipinski definition) is 1. The SMILES string of the molecule is Cc1ccc(C)c(N(CCCC(=O)N(Cc2cccc(Cl)c2)C(C)C(=O)NC(C)(C)C)S(C)(=O)=O)c1. The van der Waals surface area contributed by atoms with E-state index in [0.29, 0.717) is 17.1 Å². The number of sulfonamides is 1. The van der Waals surface area contributed by atoms with E-state index < -0.39 is 21.6 Å². The molecule has 1 unspecified atom stereocenters. The van der Waals surface area contributed by atoms with Crippen LogP contribution in [0.3, 0.4) is 0 Å². The van der Waals surface area contributed by atoms with Crippen molar-refractivity contribution in [2.24, 2.45) is 0 Å². The second-order valence-corrected chi connectivity index (χ2v) is 12.6. The quantitative estimate of drug-likeness (QED) is 0.472. The highest BCUT2D eigenvalue weighted by atomic mass is 35.5. The summed E-state index contributed by atoms with van der Waals surface area (Å²) in [5.41, 5.74) is 2.76. The maximum absolute atomic E-state index is 13.4. The molecule has 0 bridgehead atoms. The van der Waals surface area contributed by atoms with Gasteiger partial charge in [0.1, 0.15) is 6.04 Å². The van der Waals surface area contributed by atoms with Crippen molar-refractivity contribution in [2.45, 2.75) is 72.5 Å². The van der Waals surface area contributed by atoms with Crippen molar-refractivity contribution in [1.82, 2.24) is 10.2 Å². The second-order valence-electron chi connectivity index (χ2n) is 10.3. The summed E-state index contributed by atoms with van der Waals surface area (Å²) in [6.45, 7) is 11.5. The maximum atomic E-state index is 13.4. The van der Waals surface area contributed by atoms with Gasteiger partial charge in [0.05, 0.1) is 11.9 Å². The van der Waals surface area contributed by atoms with Gasteiger partial charge in [-0.2, -0.15) is 0 Å². The van der Waals surface area contributed by atoms with E-state index in [9.17, 15) is 18.0 Å². The number of rotatable bonds is 10. The van der Waals surface area contributed by atoms with Gasteiger partial charge in [-0.1, -0.05) is 35.9 Å². The van der Waals surface area contributed by atoms with E-state index in [1.54, 1.807) is 25.1 Å². The van der Waals surface area contributed by atoms with E-state index in [1.807, 2.05) is 58.9 Å². The molecule has 0 fully saturated rings. The molecular formula is C27H38ClN3O4S. The first-order valence-electron chi connectivity index (χ1n) is 12.0. The number of benzene rings is 2. The van der Waals surface area contributed by atoms with Crippen LogP contribution in [0.1, 0.15) is 57.2 Å². The van der Waals surface area contributed by atoms with E-state index in [0.717, 1.165) is 16.7 Å². The summed E-state index contributed by atoms with van der Waals surface area (Å²) in [6.07, 6.45) is 1.56. The fourth-order valence-corrected chi connectivity index (χ4v) is 5.09. The van der Waals surface area contributed by atoms with Crippen LogP contribution in [0.15, 0.2) is 42.5 Å². The summed E-state index contributed by atoms with van der Waals surface area (Å²) in [4.78, 5) is 27.8. The van der Waals surface area contributed by atoms with Crippen molar-refractivity contribution < 1.29 is 18.0 Å². The predicted octanol–water partition coefficient (Wildman–Crippen LogP) is 4.84. The van der Waals surface area contributed by atoms with Gasteiger partial charge < -0.3 is 10.2 Å². The predicted molar refractivity (Wildman–Crippen MR) is 147 cm³/mol. The normalized spacial score (nSPS) is 12.7. The molecule has 9 heteroatoms. The third-order valence-corrected chi connectivity index (χ3v) is 7.11.